The minimum absolute atomic E-state index is 0.109. The van der Waals surface area contributed by atoms with Crippen LogP contribution in [0.2, 0.25) is 0 Å². The Bertz CT molecular complexity index is 641. The quantitative estimate of drug-likeness (QED) is 0.647. The number of amides is 1. The topological polar surface area (TPSA) is 114 Å². The molecule has 1 heterocycles. The van der Waals surface area contributed by atoms with Crippen LogP contribution in [0.5, 0.6) is 0 Å². The van der Waals surface area contributed by atoms with Crippen molar-refractivity contribution in [1.29, 1.82) is 0 Å². The third-order valence-corrected chi connectivity index (χ3v) is 3.55. The monoisotopic (exact) mass is 439 g/mol. The smallest absolute Gasteiger partial charge is 0.475 e. The van der Waals surface area contributed by atoms with Crippen molar-refractivity contribution in [2.75, 3.05) is 6.54 Å². The molecule has 0 aromatic heterocycles. The number of carbonyl (C=O) groups is 2. The number of benzene rings is 1. The number of nitrogens with zero attached hydrogens (tertiary/aromatic N) is 1. The zero-order chi connectivity index (χ0) is 19.7. The minimum Gasteiger partial charge on any atom is -0.475 e. The molecule has 1 unspecified atom stereocenters. The van der Waals surface area contributed by atoms with Crippen LogP contribution in [0.25, 0.3) is 0 Å². The number of rotatable bonds is 5. The van der Waals surface area contributed by atoms with Gasteiger partial charge in [0.25, 0.3) is 0 Å². The van der Waals surface area contributed by atoms with E-state index in [1.807, 2.05) is 30.3 Å². The molecule has 2 rings (SSSR count). The first-order valence-corrected chi connectivity index (χ1v) is 8.14. The van der Waals surface area contributed by atoms with Crippen LogP contribution in [0.15, 0.2) is 35.5 Å². The van der Waals surface area contributed by atoms with Gasteiger partial charge in [0.2, 0.25) is 5.91 Å². The maximum absolute atomic E-state index is 11.8. The van der Waals surface area contributed by atoms with E-state index in [1.54, 1.807) is 0 Å². The highest BCUT2D eigenvalue weighted by molar-refractivity contribution is 9.18. The molecule has 0 saturated carbocycles. The van der Waals surface area contributed by atoms with Crippen molar-refractivity contribution in [3.63, 3.8) is 0 Å². The lowest BCUT2D eigenvalue weighted by molar-refractivity contribution is -0.192. The molecule has 0 spiro atoms. The Morgan fingerprint density at radius 2 is 1.96 bits per heavy atom. The van der Waals surface area contributed by atoms with Gasteiger partial charge in [-0.3, -0.25) is 4.79 Å². The molecule has 1 aliphatic heterocycles. The summed E-state index contributed by atoms with van der Waals surface area (Å²) >= 11 is 3.25. The molecule has 0 fully saturated rings. The fourth-order valence-corrected chi connectivity index (χ4v) is 2.25. The maximum atomic E-state index is 11.8. The van der Waals surface area contributed by atoms with Crippen LogP contribution < -0.4 is 11.1 Å². The van der Waals surface area contributed by atoms with Crippen LogP contribution in [-0.4, -0.2) is 46.5 Å². The van der Waals surface area contributed by atoms with Crippen molar-refractivity contribution in [2.24, 2.45) is 10.9 Å². The number of nitrogens with one attached hydrogen (secondary N) is 1. The lowest BCUT2D eigenvalue weighted by Crippen LogP contribution is -2.44. The molecular formula is C15H17BrF3N3O4. The molecule has 4 N–H and O–H groups in total. The average Bonchev–Trinajstić information content (AvgIpc) is 2.98. The number of oxime groups is 1. The summed E-state index contributed by atoms with van der Waals surface area (Å²) in [4.78, 5) is 25.8. The van der Waals surface area contributed by atoms with Gasteiger partial charge in [-0.2, -0.15) is 13.2 Å². The second-order valence-corrected chi connectivity index (χ2v) is 6.16. The highest BCUT2D eigenvalue weighted by Gasteiger charge is 2.38. The molecule has 0 radical (unpaired) electrons. The molecule has 26 heavy (non-hydrogen) atoms. The highest BCUT2D eigenvalue weighted by Crippen LogP contribution is 2.13. The van der Waals surface area contributed by atoms with Crippen molar-refractivity contribution in [3.05, 3.63) is 35.9 Å². The molecule has 0 aliphatic carbocycles. The summed E-state index contributed by atoms with van der Waals surface area (Å²) in [6, 6.07) is 9.16. The second-order valence-electron chi connectivity index (χ2n) is 5.24. The van der Waals surface area contributed by atoms with E-state index in [1.165, 1.54) is 0 Å². The van der Waals surface area contributed by atoms with E-state index in [4.69, 9.17) is 20.5 Å². The first-order chi connectivity index (χ1) is 12.1. The van der Waals surface area contributed by atoms with Crippen LogP contribution in [-0.2, 0) is 20.8 Å². The number of carboxylic acid groups (broad SMARTS) is 1. The molecule has 2 atom stereocenters. The largest absolute Gasteiger partial charge is 0.490 e. The van der Waals surface area contributed by atoms with Gasteiger partial charge in [0.15, 0.2) is 6.10 Å². The molecule has 1 aliphatic rings. The summed E-state index contributed by atoms with van der Waals surface area (Å²) in [6.45, 7) is 0.417. The van der Waals surface area contributed by atoms with E-state index < -0.39 is 18.2 Å². The number of hydrogen-bond acceptors (Lipinski definition) is 5. The summed E-state index contributed by atoms with van der Waals surface area (Å²) in [5, 5.41) is 13.7. The van der Waals surface area contributed by atoms with Gasteiger partial charge in [0.05, 0.1) is 12.6 Å². The van der Waals surface area contributed by atoms with E-state index >= 15 is 0 Å². The van der Waals surface area contributed by atoms with E-state index in [0.717, 1.165) is 10.2 Å². The van der Waals surface area contributed by atoms with Crippen LogP contribution in [0.1, 0.15) is 12.0 Å². The fraction of sp³-hybridized carbons (Fsp3) is 0.400. The lowest BCUT2D eigenvalue weighted by atomic mass is 10.1. The van der Waals surface area contributed by atoms with Crippen LogP contribution in [0.4, 0.5) is 13.2 Å². The summed E-state index contributed by atoms with van der Waals surface area (Å²) in [7, 11) is 0. The molecule has 11 heteroatoms. The van der Waals surface area contributed by atoms with Crippen LogP contribution >= 0.6 is 15.9 Å². The average molecular weight is 440 g/mol. The normalized spacial score (nSPS) is 17.3. The van der Waals surface area contributed by atoms with Gasteiger partial charge in [-0.15, -0.1) is 0 Å². The first kappa shape index (κ1) is 21.9. The molecule has 1 amide bonds. The zero-order valence-electron chi connectivity index (χ0n) is 13.4. The fourth-order valence-electron chi connectivity index (χ4n) is 1.81. The number of aliphatic carboxylic acids is 1. The van der Waals surface area contributed by atoms with Crippen molar-refractivity contribution in [3.8, 4) is 0 Å². The van der Waals surface area contributed by atoms with Crippen molar-refractivity contribution < 1.29 is 32.7 Å². The van der Waals surface area contributed by atoms with Gasteiger partial charge in [-0.1, -0.05) is 35.5 Å². The van der Waals surface area contributed by atoms with Gasteiger partial charge in [0.1, 0.15) is 4.62 Å². The highest BCUT2D eigenvalue weighted by atomic mass is 79.9. The summed E-state index contributed by atoms with van der Waals surface area (Å²) in [5.41, 5.74) is 6.92. The van der Waals surface area contributed by atoms with E-state index in [0.29, 0.717) is 19.4 Å². The summed E-state index contributed by atoms with van der Waals surface area (Å²) in [6.07, 6.45) is -3.99. The van der Waals surface area contributed by atoms with Gasteiger partial charge < -0.3 is 21.0 Å². The van der Waals surface area contributed by atoms with Gasteiger partial charge in [-0.25, -0.2) is 4.79 Å². The first-order valence-electron chi connectivity index (χ1n) is 7.35. The zero-order valence-corrected chi connectivity index (χ0v) is 15.0. The Hall–Kier alpha value is -2.14. The Balaban J connectivity index is 0.000000412. The van der Waals surface area contributed by atoms with E-state index in [2.05, 4.69) is 26.4 Å². The SMILES string of the molecule is N[C@@H](Cc1ccccc1)C(=O)NCC1CC(Br)=NO1.O=C(O)C(F)(F)F. The third kappa shape index (κ3) is 8.30. The molecular weight excluding hydrogens is 423 g/mol. The second kappa shape index (κ2) is 10.1. The van der Waals surface area contributed by atoms with Crippen molar-refractivity contribution in [2.45, 2.75) is 31.2 Å². The standard InChI is InChI=1S/C13H16BrN3O2.C2HF3O2/c14-12-7-10(19-17-12)8-16-13(18)11(15)6-9-4-2-1-3-5-9;3-2(4,5)1(6)7/h1-5,10-11H,6-8,15H2,(H,16,18);(H,6,7)/t10?,11-;/m0./s1. The number of hydrogen-bond donors (Lipinski definition) is 3. The summed E-state index contributed by atoms with van der Waals surface area (Å²) in [5.74, 6) is -2.93. The van der Waals surface area contributed by atoms with E-state index in [9.17, 15) is 18.0 Å². The third-order valence-electron chi connectivity index (χ3n) is 3.08. The Morgan fingerprint density at radius 1 is 1.38 bits per heavy atom. The maximum Gasteiger partial charge on any atom is 0.490 e. The van der Waals surface area contributed by atoms with Gasteiger partial charge in [0, 0.05) is 6.42 Å². The molecule has 0 bridgehead atoms. The van der Waals surface area contributed by atoms with E-state index in [-0.39, 0.29) is 12.0 Å². The molecule has 0 saturated heterocycles. The lowest BCUT2D eigenvalue weighted by Gasteiger charge is -2.14. The minimum atomic E-state index is -5.08. The van der Waals surface area contributed by atoms with Crippen molar-refractivity contribution in [1.82, 2.24) is 5.32 Å². The van der Waals surface area contributed by atoms with Gasteiger partial charge in [-0.05, 0) is 27.9 Å². The molecule has 1 aromatic carbocycles. The summed E-state index contributed by atoms with van der Waals surface area (Å²) < 4.78 is 32.5. The van der Waals surface area contributed by atoms with Gasteiger partial charge >= 0.3 is 12.1 Å². The van der Waals surface area contributed by atoms with Crippen LogP contribution in [0.3, 0.4) is 0 Å². The predicted octanol–water partition coefficient (Wildman–Crippen LogP) is 1.80. The number of alkyl halides is 3. The predicted molar refractivity (Wildman–Crippen MR) is 90.7 cm³/mol. The number of carbonyl (C=O) groups excluding carboxylic acids is 1. The molecule has 7 nitrogen and oxygen atoms in total. The molecule has 144 valence electrons. The number of nitrogens with two attached hydrogens (primary N) is 1. The molecule has 1 aromatic rings. The van der Waals surface area contributed by atoms with Crippen LogP contribution in [0, 0.1) is 0 Å². The Morgan fingerprint density at radius 3 is 2.42 bits per heavy atom. The van der Waals surface area contributed by atoms with Crippen molar-refractivity contribution >= 4 is 32.4 Å². The Labute approximate surface area is 155 Å². The number of halogens is 4. The Kier molecular flexibility index (Phi) is 8.52. The number of carboxylic acids is 1.